The number of carbonyl (C=O) groups is 1. The topological polar surface area (TPSA) is 86.3 Å². The van der Waals surface area contributed by atoms with E-state index < -0.39 is 29.7 Å². The Morgan fingerprint density at radius 2 is 1.91 bits per heavy atom. The third-order valence-electron chi connectivity index (χ3n) is 6.16. The monoisotopic (exact) mass is 459 g/mol. The zero-order chi connectivity index (χ0) is 23.2. The van der Waals surface area contributed by atoms with Crippen LogP contribution in [0.25, 0.3) is 0 Å². The van der Waals surface area contributed by atoms with Crippen molar-refractivity contribution in [2.45, 2.75) is 50.0 Å². The van der Waals surface area contributed by atoms with Gasteiger partial charge in [0.1, 0.15) is 0 Å². The highest BCUT2D eigenvalue weighted by atomic mass is 19.4. The molecular weight excluding hydrogens is 437 g/mol. The summed E-state index contributed by atoms with van der Waals surface area (Å²) in [5.41, 5.74) is 7.49. The second kappa shape index (κ2) is 8.39. The van der Waals surface area contributed by atoms with Crippen molar-refractivity contribution in [2.24, 2.45) is 5.73 Å². The van der Waals surface area contributed by atoms with Crippen LogP contribution in [-0.4, -0.2) is 51.9 Å². The first-order chi connectivity index (χ1) is 15.1. The number of methoxy groups -OCH3 is 1. The highest BCUT2D eigenvalue weighted by molar-refractivity contribution is 5.77. The molecule has 0 radical (unpaired) electrons. The van der Waals surface area contributed by atoms with Crippen LogP contribution in [0.4, 0.5) is 22.0 Å². The summed E-state index contributed by atoms with van der Waals surface area (Å²) in [5.74, 6) is -3.88. The summed E-state index contributed by atoms with van der Waals surface area (Å²) in [6.45, 7) is 0.179. The van der Waals surface area contributed by atoms with Crippen LogP contribution >= 0.6 is 0 Å². The van der Waals surface area contributed by atoms with Gasteiger partial charge in [0.15, 0.2) is 17.5 Å². The Labute approximate surface area is 180 Å². The number of alkyl halides is 3. The average Bonchev–Trinajstić information content (AvgIpc) is 3.30. The van der Waals surface area contributed by atoms with E-state index in [0.717, 1.165) is 16.7 Å². The van der Waals surface area contributed by atoms with Crippen molar-refractivity contribution in [3.63, 3.8) is 0 Å². The number of ether oxygens (including phenoxy) is 1. The van der Waals surface area contributed by atoms with E-state index in [2.05, 4.69) is 10.2 Å². The molecule has 7 nitrogen and oxygen atoms in total. The predicted octanol–water partition coefficient (Wildman–Crippen LogP) is 2.55. The molecule has 2 aliphatic rings. The largest absolute Gasteiger partial charge is 0.451 e. The van der Waals surface area contributed by atoms with Gasteiger partial charge in [-0.15, -0.1) is 10.2 Å². The minimum atomic E-state index is -4.62. The van der Waals surface area contributed by atoms with E-state index >= 15 is 0 Å². The van der Waals surface area contributed by atoms with E-state index in [-0.39, 0.29) is 49.6 Å². The molecule has 1 amide bonds. The molecule has 1 aliphatic heterocycles. The van der Waals surface area contributed by atoms with Gasteiger partial charge in [-0.05, 0) is 29.7 Å². The van der Waals surface area contributed by atoms with E-state index in [0.29, 0.717) is 24.2 Å². The van der Waals surface area contributed by atoms with Crippen LogP contribution in [0, 0.1) is 11.6 Å². The number of hydrogen-bond acceptors (Lipinski definition) is 5. The van der Waals surface area contributed by atoms with Crippen LogP contribution in [-0.2, 0) is 28.8 Å². The first kappa shape index (κ1) is 22.6. The number of rotatable bonds is 5. The number of nitrogens with zero attached hydrogens (tertiary/aromatic N) is 4. The normalized spacial score (nSPS) is 21.4. The molecule has 0 spiro atoms. The molecule has 0 saturated heterocycles. The van der Waals surface area contributed by atoms with Gasteiger partial charge in [-0.3, -0.25) is 4.79 Å². The van der Waals surface area contributed by atoms with Crippen molar-refractivity contribution in [2.75, 3.05) is 20.3 Å². The molecule has 0 bridgehead atoms. The van der Waals surface area contributed by atoms with Gasteiger partial charge in [-0.2, -0.15) is 13.2 Å². The summed E-state index contributed by atoms with van der Waals surface area (Å²) in [6, 6.07) is 1.59. The van der Waals surface area contributed by atoms with Crippen LogP contribution in [0.5, 0.6) is 0 Å². The number of amides is 1. The first-order valence-corrected chi connectivity index (χ1v) is 10.1. The summed E-state index contributed by atoms with van der Waals surface area (Å²) in [7, 11) is 1.51. The molecule has 1 aliphatic carbocycles. The lowest BCUT2D eigenvalue weighted by atomic mass is 9.90. The molecule has 2 N–H and O–H groups in total. The second-order valence-corrected chi connectivity index (χ2v) is 8.16. The van der Waals surface area contributed by atoms with Gasteiger partial charge in [-0.25, -0.2) is 8.78 Å². The zero-order valence-electron chi connectivity index (χ0n) is 17.2. The fourth-order valence-corrected chi connectivity index (χ4v) is 4.63. The molecule has 0 saturated carbocycles. The van der Waals surface area contributed by atoms with Crippen molar-refractivity contribution < 1.29 is 31.5 Å². The van der Waals surface area contributed by atoms with Gasteiger partial charge in [-0.1, -0.05) is 0 Å². The van der Waals surface area contributed by atoms with E-state index in [1.54, 1.807) is 0 Å². The summed E-state index contributed by atoms with van der Waals surface area (Å²) < 4.78 is 72.8. The maximum Gasteiger partial charge on any atom is 0.451 e. The smallest absolute Gasteiger partial charge is 0.384 e. The number of aromatic nitrogens is 3. The first-order valence-electron chi connectivity index (χ1n) is 10.1. The van der Waals surface area contributed by atoms with Crippen molar-refractivity contribution in [1.82, 2.24) is 19.7 Å². The Morgan fingerprint density at radius 3 is 2.56 bits per heavy atom. The maximum atomic E-state index is 13.9. The van der Waals surface area contributed by atoms with E-state index in [9.17, 15) is 26.7 Å². The fraction of sp³-hybridized carbons (Fsp3) is 0.550. The number of hydrogen-bond donors (Lipinski definition) is 1. The third-order valence-corrected chi connectivity index (χ3v) is 6.16. The third kappa shape index (κ3) is 4.08. The van der Waals surface area contributed by atoms with E-state index in [1.165, 1.54) is 12.0 Å². The van der Waals surface area contributed by atoms with Crippen molar-refractivity contribution >= 4 is 5.91 Å². The molecule has 12 heteroatoms. The summed E-state index contributed by atoms with van der Waals surface area (Å²) in [5, 5.41) is 6.77. The van der Waals surface area contributed by atoms with Crippen molar-refractivity contribution in [1.29, 1.82) is 0 Å². The number of carbonyl (C=O) groups excluding carboxylic acids is 1. The molecule has 3 atom stereocenters. The minimum absolute atomic E-state index is 0.0504. The number of halogens is 5. The molecule has 32 heavy (non-hydrogen) atoms. The molecule has 174 valence electrons. The number of benzene rings is 1. The Balaban J connectivity index is 1.47. The van der Waals surface area contributed by atoms with Crippen LogP contribution in [0.1, 0.15) is 47.5 Å². The Bertz CT molecular complexity index is 1020. The minimum Gasteiger partial charge on any atom is -0.384 e. The van der Waals surface area contributed by atoms with Crippen LogP contribution in [0.3, 0.4) is 0 Å². The number of nitrogens with two attached hydrogens (primary N) is 1. The molecule has 2 aromatic rings. The van der Waals surface area contributed by atoms with Gasteiger partial charge in [0.25, 0.3) is 0 Å². The lowest BCUT2D eigenvalue weighted by Gasteiger charge is -2.30. The summed E-state index contributed by atoms with van der Waals surface area (Å²) in [6.07, 6.45) is -4.24. The van der Waals surface area contributed by atoms with Gasteiger partial charge in [0.05, 0.1) is 13.2 Å². The van der Waals surface area contributed by atoms with E-state index in [4.69, 9.17) is 10.5 Å². The molecule has 4 rings (SSSR count). The van der Waals surface area contributed by atoms with Crippen LogP contribution < -0.4 is 5.73 Å². The Kier molecular flexibility index (Phi) is 5.93. The van der Waals surface area contributed by atoms with Gasteiger partial charge in [0.2, 0.25) is 11.7 Å². The lowest BCUT2D eigenvalue weighted by molar-refractivity contribution is -0.148. The highest BCUT2D eigenvalue weighted by Gasteiger charge is 2.41. The predicted molar refractivity (Wildman–Crippen MR) is 101 cm³/mol. The number of fused-ring (bicyclic) bond motifs is 2. The van der Waals surface area contributed by atoms with Gasteiger partial charge < -0.3 is 19.9 Å². The Hall–Kier alpha value is -2.60. The zero-order valence-corrected chi connectivity index (χ0v) is 17.2. The van der Waals surface area contributed by atoms with Crippen LogP contribution in [0.2, 0.25) is 0 Å². The van der Waals surface area contributed by atoms with Crippen molar-refractivity contribution in [3.8, 4) is 0 Å². The maximum absolute atomic E-state index is 13.9. The standard InChI is InChI=1S/C20H22F5N5O2/c1-32-9-10-4-13(12-6-15(22)14(21)5-11(10)12)16(26)7-18(31)29-2-3-30-17(8-29)27-28-19(30)20(23,24)25/h5-6,10,13,16H,2-4,7-9,26H2,1H3/t10-,13+,16+/m1/s1. The Morgan fingerprint density at radius 1 is 1.22 bits per heavy atom. The molecule has 1 aromatic heterocycles. The summed E-state index contributed by atoms with van der Waals surface area (Å²) in [4.78, 5) is 14.2. The van der Waals surface area contributed by atoms with Crippen LogP contribution in [0.15, 0.2) is 12.1 Å². The van der Waals surface area contributed by atoms with E-state index in [1.807, 2.05) is 0 Å². The van der Waals surface area contributed by atoms with Crippen molar-refractivity contribution in [3.05, 3.63) is 46.5 Å². The van der Waals surface area contributed by atoms with Gasteiger partial charge in [0, 0.05) is 44.5 Å². The average molecular weight is 459 g/mol. The lowest BCUT2D eigenvalue weighted by Crippen LogP contribution is -2.42. The fourth-order valence-electron chi connectivity index (χ4n) is 4.63. The molecular formula is C20H22F5N5O2. The molecule has 1 aromatic carbocycles. The SMILES string of the molecule is COC[C@H]1C[C@H]([C@@H](N)CC(=O)N2CCn3c(nnc3C(F)(F)F)C2)c2cc(F)c(F)cc21. The highest BCUT2D eigenvalue weighted by Crippen LogP contribution is 2.44. The van der Waals surface area contributed by atoms with Gasteiger partial charge >= 0.3 is 6.18 Å². The summed E-state index contributed by atoms with van der Waals surface area (Å²) >= 11 is 0. The molecule has 0 fully saturated rings. The molecule has 2 heterocycles. The second-order valence-electron chi connectivity index (χ2n) is 8.16. The quantitative estimate of drug-likeness (QED) is 0.695. The molecule has 0 unspecified atom stereocenters.